The molecule has 3 rings (SSSR count). The molecule has 0 saturated carbocycles. The van der Waals surface area contributed by atoms with Crippen molar-refractivity contribution in [3.05, 3.63) is 59.8 Å². The maximum absolute atomic E-state index is 11.5. The van der Waals surface area contributed by atoms with Crippen molar-refractivity contribution >= 4 is 16.9 Å². The van der Waals surface area contributed by atoms with Crippen LogP contribution in [-0.2, 0) is 0 Å². The van der Waals surface area contributed by atoms with Crippen LogP contribution in [0.4, 0.5) is 0 Å². The highest BCUT2D eigenvalue weighted by atomic mass is 16.5. The van der Waals surface area contributed by atoms with Crippen molar-refractivity contribution in [2.75, 3.05) is 7.11 Å². The smallest absolute Gasteiger partial charge is 0.354 e. The number of carbonyl (C=O) groups is 1. The van der Waals surface area contributed by atoms with Gasteiger partial charge in [0.15, 0.2) is 5.69 Å². The summed E-state index contributed by atoms with van der Waals surface area (Å²) in [7, 11) is 1.55. The molecule has 110 valence electrons. The zero-order valence-electron chi connectivity index (χ0n) is 12.3. The molecule has 22 heavy (non-hydrogen) atoms. The van der Waals surface area contributed by atoms with Gasteiger partial charge in [0.25, 0.3) is 0 Å². The average molecular weight is 293 g/mol. The molecule has 0 aliphatic carbocycles. The Morgan fingerprint density at radius 3 is 2.45 bits per heavy atom. The number of hydrogen-bond acceptors (Lipinski definition) is 3. The first-order valence-electron chi connectivity index (χ1n) is 6.89. The molecule has 2 aromatic carbocycles. The minimum Gasteiger partial charge on any atom is -0.494 e. The molecule has 0 unspecified atom stereocenters. The quantitative estimate of drug-likeness (QED) is 0.795. The number of ether oxygens (including phenoxy) is 1. The highest BCUT2D eigenvalue weighted by molar-refractivity contribution is 6.03. The first kappa shape index (κ1) is 14.1. The zero-order valence-corrected chi connectivity index (χ0v) is 12.3. The van der Waals surface area contributed by atoms with Crippen LogP contribution >= 0.6 is 0 Å². The molecule has 4 heteroatoms. The Labute approximate surface area is 128 Å². The lowest BCUT2D eigenvalue weighted by atomic mass is 9.95. The van der Waals surface area contributed by atoms with Gasteiger partial charge in [-0.25, -0.2) is 9.78 Å². The summed E-state index contributed by atoms with van der Waals surface area (Å²) in [5.41, 5.74) is 3.10. The number of aromatic nitrogens is 1. The van der Waals surface area contributed by atoms with Crippen molar-refractivity contribution in [2.45, 2.75) is 6.92 Å². The number of benzene rings is 2. The SMILES string of the molecule is COc1cccc2c(-c3ccccc3)c(C)c(C(=O)O)nc12. The summed E-state index contributed by atoms with van der Waals surface area (Å²) in [6.45, 7) is 1.79. The van der Waals surface area contributed by atoms with Crippen molar-refractivity contribution in [1.29, 1.82) is 0 Å². The highest BCUT2D eigenvalue weighted by Crippen LogP contribution is 2.36. The van der Waals surface area contributed by atoms with Crippen LogP contribution in [0, 0.1) is 6.92 Å². The molecule has 0 bridgehead atoms. The molecule has 0 aliphatic rings. The number of para-hydroxylation sites is 1. The van der Waals surface area contributed by atoms with Crippen LogP contribution in [-0.4, -0.2) is 23.2 Å². The van der Waals surface area contributed by atoms with E-state index in [2.05, 4.69) is 4.98 Å². The first-order valence-corrected chi connectivity index (χ1v) is 6.89. The van der Waals surface area contributed by atoms with Gasteiger partial charge >= 0.3 is 5.97 Å². The second kappa shape index (κ2) is 5.48. The fourth-order valence-corrected chi connectivity index (χ4v) is 2.71. The number of hydrogen-bond donors (Lipinski definition) is 1. The summed E-state index contributed by atoms with van der Waals surface area (Å²) >= 11 is 0. The summed E-state index contributed by atoms with van der Waals surface area (Å²) in [6, 6.07) is 15.3. The van der Waals surface area contributed by atoms with E-state index in [0.717, 1.165) is 16.5 Å². The van der Waals surface area contributed by atoms with Crippen molar-refractivity contribution in [3.63, 3.8) is 0 Å². The molecule has 0 atom stereocenters. The molecule has 1 aromatic heterocycles. The van der Waals surface area contributed by atoms with Crippen LogP contribution < -0.4 is 4.74 Å². The number of rotatable bonds is 3. The largest absolute Gasteiger partial charge is 0.494 e. The topological polar surface area (TPSA) is 59.4 Å². The fraction of sp³-hybridized carbons (Fsp3) is 0.111. The molecule has 0 amide bonds. The number of nitrogens with zero attached hydrogens (tertiary/aromatic N) is 1. The minimum atomic E-state index is -1.04. The second-order valence-corrected chi connectivity index (χ2v) is 4.99. The number of fused-ring (bicyclic) bond motifs is 1. The normalized spacial score (nSPS) is 10.6. The van der Waals surface area contributed by atoms with E-state index in [4.69, 9.17) is 4.74 Å². The van der Waals surface area contributed by atoms with Gasteiger partial charge in [0.1, 0.15) is 11.3 Å². The van der Waals surface area contributed by atoms with Gasteiger partial charge in [0, 0.05) is 5.39 Å². The van der Waals surface area contributed by atoms with E-state index in [-0.39, 0.29) is 5.69 Å². The van der Waals surface area contributed by atoms with Crippen molar-refractivity contribution in [3.8, 4) is 16.9 Å². The van der Waals surface area contributed by atoms with E-state index in [9.17, 15) is 9.90 Å². The monoisotopic (exact) mass is 293 g/mol. The molecule has 3 aromatic rings. The summed E-state index contributed by atoms with van der Waals surface area (Å²) in [5.74, 6) is -0.473. The summed E-state index contributed by atoms with van der Waals surface area (Å²) in [6.07, 6.45) is 0. The van der Waals surface area contributed by atoms with Gasteiger partial charge in [-0.15, -0.1) is 0 Å². The van der Waals surface area contributed by atoms with Crippen LogP contribution in [0.3, 0.4) is 0 Å². The molecular formula is C18H15NO3. The molecule has 1 N–H and O–H groups in total. The van der Waals surface area contributed by atoms with Gasteiger partial charge < -0.3 is 9.84 Å². The number of aromatic carboxylic acids is 1. The van der Waals surface area contributed by atoms with Crippen LogP contribution in [0.5, 0.6) is 5.75 Å². The van der Waals surface area contributed by atoms with E-state index < -0.39 is 5.97 Å². The van der Waals surface area contributed by atoms with E-state index >= 15 is 0 Å². The lowest BCUT2D eigenvalue weighted by Gasteiger charge is -2.14. The molecule has 1 heterocycles. The van der Waals surface area contributed by atoms with Crippen molar-refractivity contribution in [1.82, 2.24) is 4.98 Å². The Bertz CT molecular complexity index is 857. The maximum atomic E-state index is 11.5. The van der Waals surface area contributed by atoms with E-state index in [0.29, 0.717) is 16.8 Å². The van der Waals surface area contributed by atoms with Crippen molar-refractivity contribution < 1.29 is 14.6 Å². The number of carboxylic acid groups (broad SMARTS) is 1. The van der Waals surface area contributed by atoms with Crippen LogP contribution in [0.1, 0.15) is 16.1 Å². The average Bonchev–Trinajstić information content (AvgIpc) is 2.54. The molecule has 4 nitrogen and oxygen atoms in total. The molecule has 0 radical (unpaired) electrons. The van der Waals surface area contributed by atoms with Gasteiger partial charge in [-0.1, -0.05) is 42.5 Å². The van der Waals surface area contributed by atoms with Gasteiger partial charge in [-0.2, -0.15) is 0 Å². The van der Waals surface area contributed by atoms with Gasteiger partial charge in [0.05, 0.1) is 7.11 Å². The maximum Gasteiger partial charge on any atom is 0.354 e. The van der Waals surface area contributed by atoms with Crippen LogP contribution in [0.25, 0.3) is 22.0 Å². The molecule has 0 saturated heterocycles. The van der Waals surface area contributed by atoms with Gasteiger partial charge in [0.2, 0.25) is 0 Å². The summed E-state index contributed by atoms with van der Waals surface area (Å²) < 4.78 is 5.34. The third-order valence-electron chi connectivity index (χ3n) is 3.71. The molecule has 0 spiro atoms. The van der Waals surface area contributed by atoms with Gasteiger partial charge in [-0.05, 0) is 29.7 Å². The van der Waals surface area contributed by atoms with E-state index in [1.165, 1.54) is 0 Å². The summed E-state index contributed by atoms with van der Waals surface area (Å²) in [5, 5.41) is 10.3. The third kappa shape index (κ3) is 2.19. The molecule has 0 aliphatic heterocycles. The predicted molar refractivity (Wildman–Crippen MR) is 85.4 cm³/mol. The predicted octanol–water partition coefficient (Wildman–Crippen LogP) is 3.92. The third-order valence-corrected chi connectivity index (χ3v) is 3.71. The number of methoxy groups -OCH3 is 1. The Morgan fingerprint density at radius 2 is 1.82 bits per heavy atom. The number of pyridine rings is 1. The minimum absolute atomic E-state index is 0.0517. The molecule has 0 fully saturated rings. The first-order chi connectivity index (χ1) is 10.6. The van der Waals surface area contributed by atoms with E-state index in [1.807, 2.05) is 42.5 Å². The van der Waals surface area contributed by atoms with Crippen LogP contribution in [0.2, 0.25) is 0 Å². The highest BCUT2D eigenvalue weighted by Gasteiger charge is 2.19. The molecular weight excluding hydrogens is 278 g/mol. The van der Waals surface area contributed by atoms with Crippen molar-refractivity contribution in [2.24, 2.45) is 0 Å². The van der Waals surface area contributed by atoms with E-state index in [1.54, 1.807) is 20.1 Å². The Morgan fingerprint density at radius 1 is 1.09 bits per heavy atom. The zero-order chi connectivity index (χ0) is 15.7. The van der Waals surface area contributed by atoms with Gasteiger partial charge in [-0.3, -0.25) is 0 Å². The number of carboxylic acids is 1. The lowest BCUT2D eigenvalue weighted by Crippen LogP contribution is -2.06. The fourth-order valence-electron chi connectivity index (χ4n) is 2.71. The Hall–Kier alpha value is -2.88. The Balaban J connectivity index is 2.48. The lowest BCUT2D eigenvalue weighted by molar-refractivity contribution is 0.0690. The second-order valence-electron chi connectivity index (χ2n) is 4.99. The van der Waals surface area contributed by atoms with Crippen LogP contribution in [0.15, 0.2) is 48.5 Å². The Kier molecular flexibility index (Phi) is 3.51. The standard InChI is InChI=1S/C18H15NO3/c1-11-15(12-7-4-3-5-8-12)13-9-6-10-14(22-2)17(13)19-16(11)18(20)21/h3-10H,1-2H3,(H,20,21). The summed E-state index contributed by atoms with van der Waals surface area (Å²) in [4.78, 5) is 15.9.